The lowest BCUT2D eigenvalue weighted by Gasteiger charge is -2.32. The van der Waals surface area contributed by atoms with Crippen molar-refractivity contribution in [3.63, 3.8) is 0 Å². The molecule has 0 aromatic heterocycles. The molecule has 144 valence electrons. The van der Waals surface area contributed by atoms with Crippen LogP contribution in [0.1, 0.15) is 75.8 Å². The first-order valence-electron chi connectivity index (χ1n) is 10.6. The smallest absolute Gasteiger partial charge is 0.223 e. The number of unbranched alkanes of at least 4 members (excludes halogenated alkanes) is 5. The van der Waals surface area contributed by atoms with Crippen molar-refractivity contribution in [2.45, 2.75) is 77.6 Å². The Morgan fingerprint density at radius 1 is 1.12 bits per heavy atom. The van der Waals surface area contributed by atoms with Gasteiger partial charge in [0.1, 0.15) is 5.75 Å². The van der Waals surface area contributed by atoms with Gasteiger partial charge in [0.2, 0.25) is 5.12 Å². The maximum atomic E-state index is 11.1. The second-order valence-electron chi connectivity index (χ2n) is 8.30. The third kappa shape index (κ3) is 5.06. The van der Waals surface area contributed by atoms with Crippen molar-refractivity contribution >= 4 is 17.7 Å². The summed E-state index contributed by atoms with van der Waals surface area (Å²) in [5, 5.41) is -0.212. The summed E-state index contributed by atoms with van der Waals surface area (Å²) in [5.74, 6) is 3.49. The molecule has 2 nitrogen and oxygen atoms in total. The Morgan fingerprint density at radius 3 is 2.73 bits per heavy atom. The van der Waals surface area contributed by atoms with Crippen LogP contribution in [0, 0.1) is 17.8 Å². The SMILES string of the molecule is CCCCCCCCC1CCC2Cc3c(cccc3OCC(=O)S)CC12. The number of benzene rings is 1. The molecule has 2 aliphatic carbocycles. The molecule has 0 N–H and O–H groups in total. The minimum atomic E-state index is -0.212. The van der Waals surface area contributed by atoms with Gasteiger partial charge in [-0.15, -0.1) is 12.6 Å². The number of carbonyl (C=O) groups excluding carboxylic acids is 1. The molecule has 0 radical (unpaired) electrons. The number of fused-ring (bicyclic) bond motifs is 2. The van der Waals surface area contributed by atoms with Crippen LogP contribution in [0.25, 0.3) is 0 Å². The van der Waals surface area contributed by atoms with Crippen molar-refractivity contribution in [2.75, 3.05) is 6.61 Å². The molecular weight excluding hydrogens is 340 g/mol. The van der Waals surface area contributed by atoms with Gasteiger partial charge < -0.3 is 4.74 Å². The van der Waals surface area contributed by atoms with E-state index in [1.54, 1.807) is 0 Å². The van der Waals surface area contributed by atoms with Gasteiger partial charge in [-0.25, -0.2) is 0 Å². The molecular formula is C23H34O2S. The summed E-state index contributed by atoms with van der Waals surface area (Å²) in [6, 6.07) is 6.36. The average molecular weight is 375 g/mol. The first-order chi connectivity index (χ1) is 12.7. The molecule has 0 saturated heterocycles. The summed E-state index contributed by atoms with van der Waals surface area (Å²) in [6.45, 7) is 2.35. The predicted molar refractivity (Wildman–Crippen MR) is 111 cm³/mol. The second-order valence-corrected chi connectivity index (χ2v) is 8.80. The molecule has 1 saturated carbocycles. The highest BCUT2D eigenvalue weighted by Gasteiger charge is 2.39. The fourth-order valence-corrected chi connectivity index (χ4v) is 5.26. The highest BCUT2D eigenvalue weighted by atomic mass is 32.1. The first-order valence-corrected chi connectivity index (χ1v) is 11.1. The second kappa shape index (κ2) is 9.82. The van der Waals surface area contributed by atoms with Crippen LogP contribution in [0.2, 0.25) is 0 Å². The van der Waals surface area contributed by atoms with E-state index < -0.39 is 0 Å². The van der Waals surface area contributed by atoms with Crippen LogP contribution in [-0.2, 0) is 17.6 Å². The Labute approximate surface area is 164 Å². The zero-order valence-corrected chi connectivity index (χ0v) is 17.1. The average Bonchev–Trinajstić information content (AvgIpc) is 3.03. The van der Waals surface area contributed by atoms with E-state index in [9.17, 15) is 4.79 Å². The fraction of sp³-hybridized carbons (Fsp3) is 0.696. The van der Waals surface area contributed by atoms with Gasteiger partial charge in [-0.1, -0.05) is 64.0 Å². The molecule has 26 heavy (non-hydrogen) atoms. The van der Waals surface area contributed by atoms with Gasteiger partial charge in [0, 0.05) is 0 Å². The van der Waals surface area contributed by atoms with E-state index in [1.807, 2.05) is 6.07 Å². The summed E-state index contributed by atoms with van der Waals surface area (Å²) in [7, 11) is 0. The maximum absolute atomic E-state index is 11.1. The van der Waals surface area contributed by atoms with Gasteiger partial charge >= 0.3 is 0 Å². The van der Waals surface area contributed by atoms with E-state index in [0.29, 0.717) is 0 Å². The molecule has 0 amide bonds. The highest BCUT2D eigenvalue weighted by molar-refractivity contribution is 7.96. The van der Waals surface area contributed by atoms with Crippen molar-refractivity contribution in [3.8, 4) is 5.75 Å². The third-order valence-electron chi connectivity index (χ3n) is 6.55. The van der Waals surface area contributed by atoms with Crippen LogP contribution < -0.4 is 4.74 Å². The van der Waals surface area contributed by atoms with Gasteiger partial charge in [0.05, 0.1) is 0 Å². The van der Waals surface area contributed by atoms with Crippen molar-refractivity contribution in [1.29, 1.82) is 0 Å². The largest absolute Gasteiger partial charge is 0.485 e. The quantitative estimate of drug-likeness (QED) is 0.401. The lowest BCUT2D eigenvalue weighted by molar-refractivity contribution is -0.112. The third-order valence-corrected chi connectivity index (χ3v) is 6.68. The van der Waals surface area contributed by atoms with Crippen molar-refractivity contribution < 1.29 is 9.53 Å². The Kier molecular flexibility index (Phi) is 7.48. The highest BCUT2D eigenvalue weighted by Crippen LogP contribution is 2.48. The Balaban J connectivity index is 1.55. The summed E-state index contributed by atoms with van der Waals surface area (Å²) in [5.41, 5.74) is 2.80. The lowest BCUT2D eigenvalue weighted by atomic mass is 9.73. The van der Waals surface area contributed by atoms with Gasteiger partial charge in [-0.3, -0.25) is 4.79 Å². The Bertz CT molecular complexity index is 598. The van der Waals surface area contributed by atoms with E-state index >= 15 is 0 Å². The monoisotopic (exact) mass is 374 g/mol. The number of thiol groups is 1. The lowest BCUT2D eigenvalue weighted by Crippen LogP contribution is -2.25. The molecule has 0 aliphatic heterocycles. The van der Waals surface area contributed by atoms with Gasteiger partial charge in [-0.05, 0) is 60.6 Å². The molecule has 3 heteroatoms. The Morgan fingerprint density at radius 2 is 1.92 bits per heavy atom. The minimum Gasteiger partial charge on any atom is -0.485 e. The van der Waals surface area contributed by atoms with Crippen LogP contribution in [0.5, 0.6) is 5.75 Å². The van der Waals surface area contributed by atoms with Crippen LogP contribution >= 0.6 is 12.6 Å². The van der Waals surface area contributed by atoms with Crippen molar-refractivity contribution in [2.24, 2.45) is 17.8 Å². The minimum absolute atomic E-state index is 0.0638. The zero-order chi connectivity index (χ0) is 18.4. The van der Waals surface area contributed by atoms with Gasteiger partial charge in [0.15, 0.2) is 6.61 Å². The summed E-state index contributed by atoms with van der Waals surface area (Å²) >= 11 is 3.82. The van der Waals surface area contributed by atoms with E-state index in [-0.39, 0.29) is 11.7 Å². The molecule has 3 atom stereocenters. The molecule has 2 aliphatic rings. The van der Waals surface area contributed by atoms with Crippen LogP contribution in [-0.4, -0.2) is 11.7 Å². The fourth-order valence-electron chi connectivity index (χ4n) is 5.20. The van der Waals surface area contributed by atoms with Gasteiger partial charge in [-0.2, -0.15) is 0 Å². The first kappa shape index (κ1) is 19.8. The summed E-state index contributed by atoms with van der Waals surface area (Å²) < 4.78 is 5.73. The normalized spacial score (nSPS) is 24.2. The number of hydrogen-bond donors (Lipinski definition) is 1. The molecule has 0 bridgehead atoms. The van der Waals surface area contributed by atoms with E-state index in [4.69, 9.17) is 4.74 Å². The van der Waals surface area contributed by atoms with Gasteiger partial charge in [0.25, 0.3) is 0 Å². The van der Waals surface area contributed by atoms with Crippen molar-refractivity contribution in [1.82, 2.24) is 0 Å². The molecule has 0 heterocycles. The standard InChI is InChI=1S/C23H34O2S/c1-2-3-4-5-6-7-9-17-12-13-19-15-21-18(14-20(17)19)10-8-11-22(21)25-16-23(24)26/h8,10-11,17,19-20H,2-7,9,12-16H2,1H3,(H,24,26). The summed E-state index contributed by atoms with van der Waals surface area (Å²) in [4.78, 5) is 11.1. The van der Waals surface area contributed by atoms with E-state index in [1.165, 1.54) is 75.3 Å². The summed E-state index contributed by atoms with van der Waals surface area (Å²) in [6.07, 6.45) is 14.9. The van der Waals surface area contributed by atoms with Crippen molar-refractivity contribution in [3.05, 3.63) is 29.3 Å². The number of carbonyl (C=O) groups is 1. The molecule has 1 aromatic rings. The molecule has 0 spiro atoms. The predicted octanol–water partition coefficient (Wildman–Crippen LogP) is 6.01. The maximum Gasteiger partial charge on any atom is 0.223 e. The molecule has 3 rings (SSSR count). The number of hydrogen-bond acceptors (Lipinski definition) is 2. The Hall–Kier alpha value is -0.960. The topological polar surface area (TPSA) is 26.3 Å². The van der Waals surface area contributed by atoms with Crippen LogP contribution in [0.15, 0.2) is 18.2 Å². The number of rotatable bonds is 10. The number of ether oxygens (including phenoxy) is 1. The van der Waals surface area contributed by atoms with Crippen LogP contribution in [0.4, 0.5) is 0 Å². The molecule has 3 unspecified atom stereocenters. The van der Waals surface area contributed by atoms with E-state index in [0.717, 1.165) is 29.9 Å². The zero-order valence-electron chi connectivity index (χ0n) is 16.2. The van der Waals surface area contributed by atoms with E-state index in [2.05, 4.69) is 31.7 Å². The molecule has 1 fully saturated rings. The van der Waals surface area contributed by atoms with Crippen LogP contribution in [0.3, 0.4) is 0 Å². The molecule has 1 aromatic carbocycles.